The summed E-state index contributed by atoms with van der Waals surface area (Å²) in [6, 6.07) is 6.95. The summed E-state index contributed by atoms with van der Waals surface area (Å²) in [5.74, 6) is -0.283. The average Bonchev–Trinajstić information content (AvgIpc) is 2.34. The van der Waals surface area contributed by atoms with Crippen molar-refractivity contribution in [2.45, 2.75) is 26.7 Å². The van der Waals surface area contributed by atoms with Crippen LogP contribution in [0, 0.1) is 5.92 Å². The molecule has 0 amide bonds. The van der Waals surface area contributed by atoms with Gasteiger partial charge in [0.2, 0.25) is 0 Å². The summed E-state index contributed by atoms with van der Waals surface area (Å²) >= 11 is 0. The Hall–Kier alpha value is -1.35. The van der Waals surface area contributed by atoms with Crippen LogP contribution in [0.5, 0.6) is 0 Å². The van der Waals surface area contributed by atoms with Crippen LogP contribution in [0.3, 0.4) is 0 Å². The first-order chi connectivity index (χ1) is 8.13. The van der Waals surface area contributed by atoms with Crippen molar-refractivity contribution in [3.05, 3.63) is 35.4 Å². The Morgan fingerprint density at radius 1 is 1.35 bits per heavy atom. The molecule has 1 N–H and O–H groups in total. The first-order valence-corrected chi connectivity index (χ1v) is 6.03. The molecule has 0 saturated heterocycles. The molecule has 1 atom stereocenters. The molecule has 0 saturated carbocycles. The minimum atomic E-state index is -0.885. The molecule has 0 spiro atoms. The molecule has 0 heterocycles. The van der Waals surface area contributed by atoms with E-state index in [9.17, 15) is 4.79 Å². The highest BCUT2D eigenvalue weighted by molar-refractivity contribution is 5.87. The molecule has 0 fully saturated rings. The molecule has 17 heavy (non-hydrogen) atoms. The third-order valence-corrected chi connectivity index (χ3v) is 2.84. The third kappa shape index (κ3) is 5.00. The quantitative estimate of drug-likeness (QED) is 0.740. The fourth-order valence-electron chi connectivity index (χ4n) is 1.41. The van der Waals surface area contributed by atoms with Crippen molar-refractivity contribution < 1.29 is 14.6 Å². The molecule has 1 unspecified atom stereocenters. The van der Waals surface area contributed by atoms with Gasteiger partial charge in [-0.25, -0.2) is 4.79 Å². The Labute approximate surface area is 102 Å². The summed E-state index contributed by atoms with van der Waals surface area (Å²) in [4.78, 5) is 10.7. The first-order valence-electron chi connectivity index (χ1n) is 6.03. The second-order valence-electron chi connectivity index (χ2n) is 4.34. The summed E-state index contributed by atoms with van der Waals surface area (Å²) < 4.78 is 5.55. The van der Waals surface area contributed by atoms with Crippen molar-refractivity contribution in [3.8, 4) is 0 Å². The van der Waals surface area contributed by atoms with Gasteiger partial charge in [0.25, 0.3) is 0 Å². The van der Waals surface area contributed by atoms with Crippen LogP contribution in [0.4, 0.5) is 0 Å². The maximum atomic E-state index is 10.7. The predicted molar refractivity (Wildman–Crippen MR) is 67.4 cm³/mol. The smallest absolute Gasteiger partial charge is 0.335 e. The lowest BCUT2D eigenvalue weighted by molar-refractivity contribution is 0.0697. The zero-order valence-corrected chi connectivity index (χ0v) is 10.5. The van der Waals surface area contributed by atoms with Crippen LogP contribution < -0.4 is 0 Å². The Bertz CT molecular complexity index is 343. The van der Waals surface area contributed by atoms with Gasteiger partial charge in [-0.3, -0.25) is 0 Å². The monoisotopic (exact) mass is 236 g/mol. The van der Waals surface area contributed by atoms with E-state index in [1.54, 1.807) is 12.1 Å². The third-order valence-electron chi connectivity index (χ3n) is 2.84. The van der Waals surface area contributed by atoms with E-state index < -0.39 is 5.97 Å². The molecular weight excluding hydrogens is 216 g/mol. The number of rotatable bonds is 7. The van der Waals surface area contributed by atoms with Crippen LogP contribution >= 0.6 is 0 Å². The zero-order chi connectivity index (χ0) is 12.7. The molecule has 0 aliphatic rings. The Balaban J connectivity index is 2.30. The van der Waals surface area contributed by atoms with Gasteiger partial charge in [-0.05, 0) is 30.0 Å². The van der Waals surface area contributed by atoms with E-state index in [4.69, 9.17) is 9.84 Å². The van der Waals surface area contributed by atoms with E-state index >= 15 is 0 Å². The largest absolute Gasteiger partial charge is 0.478 e. The van der Waals surface area contributed by atoms with Crippen molar-refractivity contribution in [1.82, 2.24) is 0 Å². The van der Waals surface area contributed by atoms with Gasteiger partial charge in [-0.2, -0.15) is 0 Å². The van der Waals surface area contributed by atoms with Crippen LogP contribution in [0.1, 0.15) is 36.2 Å². The first kappa shape index (κ1) is 13.7. The molecular formula is C14H20O3. The summed E-state index contributed by atoms with van der Waals surface area (Å²) in [5, 5.41) is 8.75. The molecule has 1 aromatic carbocycles. The van der Waals surface area contributed by atoms with Crippen molar-refractivity contribution in [1.29, 1.82) is 0 Å². The van der Waals surface area contributed by atoms with Gasteiger partial charge >= 0.3 is 5.97 Å². The van der Waals surface area contributed by atoms with E-state index in [1.165, 1.54) is 0 Å². The van der Waals surface area contributed by atoms with Crippen LogP contribution in [0.2, 0.25) is 0 Å². The lowest BCUT2D eigenvalue weighted by atomic mass is 10.1. The summed E-state index contributed by atoms with van der Waals surface area (Å²) in [6.45, 7) is 5.81. The van der Waals surface area contributed by atoms with Crippen molar-refractivity contribution in [2.24, 2.45) is 5.92 Å². The summed E-state index contributed by atoms with van der Waals surface area (Å²) in [7, 11) is 0. The number of aromatic carboxylic acids is 1. The van der Waals surface area contributed by atoms with Crippen LogP contribution in [-0.2, 0) is 11.2 Å². The standard InChI is InChI=1S/C14H20O3/c1-3-11(2)10-17-9-8-12-4-6-13(7-5-12)14(15)16/h4-7,11H,3,8-10H2,1-2H3,(H,15,16). The van der Waals surface area contributed by atoms with Crippen molar-refractivity contribution >= 4 is 5.97 Å². The maximum Gasteiger partial charge on any atom is 0.335 e. The molecule has 0 radical (unpaired) electrons. The summed E-state index contributed by atoms with van der Waals surface area (Å²) in [6.07, 6.45) is 1.96. The van der Waals surface area contributed by atoms with E-state index in [0.29, 0.717) is 18.1 Å². The van der Waals surface area contributed by atoms with Crippen molar-refractivity contribution in [2.75, 3.05) is 13.2 Å². The SMILES string of the molecule is CCC(C)COCCc1ccc(C(=O)O)cc1. The van der Waals surface area contributed by atoms with E-state index in [1.807, 2.05) is 12.1 Å². The van der Waals surface area contributed by atoms with Gasteiger partial charge in [0, 0.05) is 6.61 Å². The molecule has 0 bridgehead atoms. The molecule has 0 aliphatic carbocycles. The fraction of sp³-hybridized carbons (Fsp3) is 0.500. The van der Waals surface area contributed by atoms with Gasteiger partial charge < -0.3 is 9.84 Å². The van der Waals surface area contributed by atoms with E-state index in [-0.39, 0.29) is 0 Å². The predicted octanol–water partition coefficient (Wildman–Crippen LogP) is 2.99. The van der Waals surface area contributed by atoms with Gasteiger partial charge in [0.05, 0.1) is 12.2 Å². The topological polar surface area (TPSA) is 46.5 Å². The van der Waals surface area contributed by atoms with Crippen LogP contribution in [0.25, 0.3) is 0 Å². The molecule has 3 nitrogen and oxygen atoms in total. The number of carbonyl (C=O) groups is 1. The zero-order valence-electron chi connectivity index (χ0n) is 10.5. The van der Waals surface area contributed by atoms with E-state index in [2.05, 4.69) is 13.8 Å². The lowest BCUT2D eigenvalue weighted by Gasteiger charge is -2.09. The number of hydrogen-bond donors (Lipinski definition) is 1. The second-order valence-corrected chi connectivity index (χ2v) is 4.34. The van der Waals surface area contributed by atoms with E-state index in [0.717, 1.165) is 25.0 Å². The maximum absolute atomic E-state index is 10.7. The number of benzene rings is 1. The molecule has 1 rings (SSSR count). The van der Waals surface area contributed by atoms with Gasteiger partial charge in [0.15, 0.2) is 0 Å². The molecule has 1 aromatic rings. The number of hydrogen-bond acceptors (Lipinski definition) is 2. The minimum absolute atomic E-state index is 0.328. The number of carboxylic acid groups (broad SMARTS) is 1. The second kappa shape index (κ2) is 7.07. The van der Waals surface area contributed by atoms with Gasteiger partial charge in [-0.1, -0.05) is 32.4 Å². The number of carboxylic acids is 1. The summed E-state index contributed by atoms with van der Waals surface area (Å²) in [5.41, 5.74) is 1.44. The Morgan fingerprint density at radius 3 is 2.53 bits per heavy atom. The van der Waals surface area contributed by atoms with Crippen LogP contribution in [0.15, 0.2) is 24.3 Å². The van der Waals surface area contributed by atoms with Crippen molar-refractivity contribution in [3.63, 3.8) is 0 Å². The highest BCUT2D eigenvalue weighted by atomic mass is 16.5. The highest BCUT2D eigenvalue weighted by Crippen LogP contribution is 2.06. The molecule has 0 aliphatic heterocycles. The van der Waals surface area contributed by atoms with Crippen LogP contribution in [-0.4, -0.2) is 24.3 Å². The minimum Gasteiger partial charge on any atom is -0.478 e. The molecule has 0 aromatic heterocycles. The van der Waals surface area contributed by atoms with Gasteiger partial charge in [-0.15, -0.1) is 0 Å². The molecule has 94 valence electrons. The fourth-order valence-corrected chi connectivity index (χ4v) is 1.41. The normalized spacial score (nSPS) is 12.4. The Kier molecular flexibility index (Phi) is 5.70. The van der Waals surface area contributed by atoms with Gasteiger partial charge in [0.1, 0.15) is 0 Å². The average molecular weight is 236 g/mol. The highest BCUT2D eigenvalue weighted by Gasteiger charge is 2.02. The number of ether oxygens (including phenoxy) is 1. The Morgan fingerprint density at radius 2 is 2.00 bits per heavy atom. The lowest BCUT2D eigenvalue weighted by Crippen LogP contribution is -2.07. The molecule has 3 heteroatoms.